The van der Waals surface area contributed by atoms with Crippen molar-refractivity contribution in [1.29, 1.82) is 0 Å². The number of aldehydes is 1. The fraction of sp³-hybridized carbons (Fsp3) is 0.923. The summed E-state index contributed by atoms with van der Waals surface area (Å²) in [5.41, 5.74) is -0.161. The predicted molar refractivity (Wildman–Crippen MR) is 66.1 cm³/mol. The average Bonchev–Trinajstić information content (AvgIpc) is 2.18. The van der Waals surface area contributed by atoms with E-state index in [1.54, 1.807) is 0 Å². The van der Waals surface area contributed by atoms with Gasteiger partial charge in [0, 0.05) is 18.0 Å². The third-order valence-corrected chi connectivity index (χ3v) is 3.18. The molecule has 0 aromatic heterocycles. The Labute approximate surface area is 95.0 Å². The van der Waals surface area contributed by atoms with E-state index in [4.69, 9.17) is 0 Å². The van der Waals surface area contributed by atoms with Gasteiger partial charge in [-0.05, 0) is 26.8 Å². The first-order valence-electron chi connectivity index (χ1n) is 6.15. The van der Waals surface area contributed by atoms with E-state index >= 15 is 0 Å². The molecule has 0 amide bonds. The van der Waals surface area contributed by atoms with Crippen molar-refractivity contribution >= 4 is 6.29 Å². The summed E-state index contributed by atoms with van der Waals surface area (Å²) in [4.78, 5) is 13.4. The maximum absolute atomic E-state index is 11.1. The summed E-state index contributed by atoms with van der Waals surface area (Å²) >= 11 is 0. The molecule has 0 aromatic carbocycles. The molecule has 0 saturated carbocycles. The molecule has 0 aliphatic carbocycles. The minimum absolute atomic E-state index is 0.161. The van der Waals surface area contributed by atoms with Crippen LogP contribution in [-0.4, -0.2) is 30.8 Å². The van der Waals surface area contributed by atoms with Gasteiger partial charge in [0.2, 0.25) is 0 Å². The molecule has 2 unspecified atom stereocenters. The van der Waals surface area contributed by atoms with Gasteiger partial charge in [0.15, 0.2) is 0 Å². The van der Waals surface area contributed by atoms with Gasteiger partial charge in [0.05, 0.1) is 0 Å². The van der Waals surface area contributed by atoms with E-state index < -0.39 is 0 Å². The molecule has 0 aromatic rings. The molecule has 2 atom stereocenters. The molecule has 90 valence electrons. The lowest BCUT2D eigenvalue weighted by Gasteiger charge is -2.32. The Morgan fingerprint density at radius 1 is 1.33 bits per heavy atom. The van der Waals surface area contributed by atoms with Crippen molar-refractivity contribution in [1.82, 2.24) is 4.90 Å². The zero-order chi connectivity index (χ0) is 11.9. The maximum Gasteiger partial charge on any atom is 0.127 e. The zero-order valence-corrected chi connectivity index (χ0v) is 11.0. The number of nitrogens with zero attached hydrogens (tertiary/aromatic N) is 1. The molecule has 0 bridgehead atoms. The summed E-state index contributed by atoms with van der Waals surface area (Å²) in [5, 5.41) is 0. The largest absolute Gasteiger partial charge is 0.303 e. The van der Waals surface area contributed by atoms with Crippen LogP contribution in [0, 0.1) is 5.41 Å². The highest BCUT2D eigenvalue weighted by atomic mass is 16.1. The minimum atomic E-state index is -0.161. The van der Waals surface area contributed by atoms with E-state index in [-0.39, 0.29) is 5.41 Å². The summed E-state index contributed by atoms with van der Waals surface area (Å²) in [5.74, 6) is 0. The van der Waals surface area contributed by atoms with E-state index in [9.17, 15) is 4.79 Å². The third kappa shape index (κ3) is 5.31. The molecule has 0 aliphatic rings. The van der Waals surface area contributed by atoms with Gasteiger partial charge >= 0.3 is 0 Å². The molecule has 15 heavy (non-hydrogen) atoms. The first kappa shape index (κ1) is 14.6. The summed E-state index contributed by atoms with van der Waals surface area (Å²) in [6.45, 7) is 9.53. The molecule has 0 aliphatic heterocycles. The molecule has 0 saturated heterocycles. The summed E-state index contributed by atoms with van der Waals surface area (Å²) in [6.07, 6.45) is 5.60. The predicted octanol–water partition coefficient (Wildman–Crippen LogP) is 3.11. The highest BCUT2D eigenvalue weighted by Crippen LogP contribution is 2.22. The molecule has 0 fully saturated rings. The van der Waals surface area contributed by atoms with Crippen LogP contribution in [-0.2, 0) is 4.79 Å². The van der Waals surface area contributed by atoms with Gasteiger partial charge < -0.3 is 9.69 Å². The molecule has 2 nitrogen and oxygen atoms in total. The van der Waals surface area contributed by atoms with E-state index in [2.05, 4.69) is 39.6 Å². The van der Waals surface area contributed by atoms with Gasteiger partial charge in [0.25, 0.3) is 0 Å². The number of hydrogen-bond donors (Lipinski definition) is 0. The van der Waals surface area contributed by atoms with Crippen LogP contribution in [0.25, 0.3) is 0 Å². The van der Waals surface area contributed by atoms with Crippen molar-refractivity contribution in [2.75, 3.05) is 13.6 Å². The fourth-order valence-electron chi connectivity index (χ4n) is 2.11. The van der Waals surface area contributed by atoms with Gasteiger partial charge in [-0.25, -0.2) is 0 Å². The van der Waals surface area contributed by atoms with Gasteiger partial charge in [-0.15, -0.1) is 0 Å². The molecule has 0 N–H and O–H groups in total. The molecule has 0 heterocycles. The smallest absolute Gasteiger partial charge is 0.127 e. The topological polar surface area (TPSA) is 20.3 Å². The first-order chi connectivity index (χ1) is 6.99. The van der Waals surface area contributed by atoms with Crippen LogP contribution in [0.2, 0.25) is 0 Å². The second-order valence-electron chi connectivity index (χ2n) is 5.07. The highest BCUT2D eigenvalue weighted by molar-refractivity contribution is 5.58. The normalized spacial score (nSPS) is 17.5. The van der Waals surface area contributed by atoms with Crippen LogP contribution in [0.1, 0.15) is 53.4 Å². The van der Waals surface area contributed by atoms with Crippen molar-refractivity contribution in [3.63, 3.8) is 0 Å². The Morgan fingerprint density at radius 3 is 2.33 bits per heavy atom. The number of carbonyl (C=O) groups excluding carboxylic acids is 1. The molecule has 2 heteroatoms. The van der Waals surface area contributed by atoms with Crippen LogP contribution >= 0.6 is 0 Å². The quantitative estimate of drug-likeness (QED) is 0.577. The Kier molecular flexibility index (Phi) is 6.82. The molecule has 0 rings (SSSR count). The Hall–Kier alpha value is -0.370. The Morgan fingerprint density at radius 2 is 1.93 bits per heavy atom. The fourth-order valence-corrected chi connectivity index (χ4v) is 2.11. The molecular weight excluding hydrogens is 186 g/mol. The average molecular weight is 213 g/mol. The number of hydrogen-bond acceptors (Lipinski definition) is 2. The lowest BCUT2D eigenvalue weighted by Crippen LogP contribution is -2.39. The lowest BCUT2D eigenvalue weighted by atomic mass is 9.86. The standard InChI is InChI=1S/C13H27NO/c1-6-8-12(3)14(5)10-13(4,11-15)9-7-2/h11-12H,6-10H2,1-5H3. The molecule has 0 radical (unpaired) electrons. The number of rotatable bonds is 8. The summed E-state index contributed by atoms with van der Waals surface area (Å²) in [6, 6.07) is 0.575. The summed E-state index contributed by atoms with van der Waals surface area (Å²) in [7, 11) is 2.12. The van der Waals surface area contributed by atoms with E-state index in [1.165, 1.54) is 12.8 Å². The summed E-state index contributed by atoms with van der Waals surface area (Å²) < 4.78 is 0. The van der Waals surface area contributed by atoms with E-state index in [0.717, 1.165) is 25.7 Å². The molecule has 0 spiro atoms. The van der Waals surface area contributed by atoms with E-state index in [1.807, 2.05) is 0 Å². The van der Waals surface area contributed by atoms with Crippen molar-refractivity contribution in [3.05, 3.63) is 0 Å². The van der Waals surface area contributed by atoms with Crippen molar-refractivity contribution in [3.8, 4) is 0 Å². The van der Waals surface area contributed by atoms with Gasteiger partial charge in [-0.3, -0.25) is 0 Å². The van der Waals surface area contributed by atoms with Crippen molar-refractivity contribution in [2.24, 2.45) is 5.41 Å². The Bertz CT molecular complexity index is 181. The minimum Gasteiger partial charge on any atom is -0.303 e. The second-order valence-corrected chi connectivity index (χ2v) is 5.07. The lowest BCUT2D eigenvalue weighted by molar-refractivity contribution is -0.116. The second kappa shape index (κ2) is 7.00. The van der Waals surface area contributed by atoms with Gasteiger partial charge in [-0.2, -0.15) is 0 Å². The van der Waals surface area contributed by atoms with Crippen LogP contribution in [0.3, 0.4) is 0 Å². The SMILES string of the molecule is CCCC(C)N(C)CC(C)(C=O)CCC. The van der Waals surface area contributed by atoms with Gasteiger partial charge in [0.1, 0.15) is 6.29 Å². The third-order valence-electron chi connectivity index (χ3n) is 3.18. The maximum atomic E-state index is 11.1. The van der Waals surface area contributed by atoms with Crippen LogP contribution in [0.5, 0.6) is 0 Å². The van der Waals surface area contributed by atoms with Crippen molar-refractivity contribution < 1.29 is 4.79 Å². The van der Waals surface area contributed by atoms with E-state index in [0.29, 0.717) is 6.04 Å². The zero-order valence-electron chi connectivity index (χ0n) is 11.0. The Balaban J connectivity index is 4.21. The monoisotopic (exact) mass is 213 g/mol. The number of carbonyl (C=O) groups is 1. The van der Waals surface area contributed by atoms with Crippen molar-refractivity contribution in [2.45, 2.75) is 59.4 Å². The van der Waals surface area contributed by atoms with Gasteiger partial charge in [-0.1, -0.05) is 33.6 Å². The van der Waals surface area contributed by atoms with Crippen LogP contribution in [0.15, 0.2) is 0 Å². The van der Waals surface area contributed by atoms with Crippen LogP contribution in [0.4, 0.5) is 0 Å². The van der Waals surface area contributed by atoms with Crippen LogP contribution < -0.4 is 0 Å². The first-order valence-corrected chi connectivity index (χ1v) is 6.15. The molecular formula is C13H27NO. The highest BCUT2D eigenvalue weighted by Gasteiger charge is 2.25.